The molecule has 1 aromatic carbocycles. The molecule has 76 valence electrons. The van der Waals surface area contributed by atoms with Crippen molar-refractivity contribution in [3.63, 3.8) is 0 Å². The molecule has 0 unspecified atom stereocenters. The van der Waals surface area contributed by atoms with Gasteiger partial charge in [0.25, 0.3) is 0 Å². The summed E-state index contributed by atoms with van der Waals surface area (Å²) in [5.74, 6) is 0.0181. The summed E-state index contributed by atoms with van der Waals surface area (Å²) in [7, 11) is 0. The zero-order valence-electron chi connectivity index (χ0n) is 8.19. The van der Waals surface area contributed by atoms with Crippen LogP contribution in [0.1, 0.15) is 6.92 Å². The van der Waals surface area contributed by atoms with Crippen LogP contribution in [-0.2, 0) is 4.79 Å². The zero-order valence-corrected chi connectivity index (χ0v) is 8.19. The van der Waals surface area contributed by atoms with Crippen LogP contribution in [0.5, 0.6) is 5.75 Å². The number of hydrogen-bond acceptors (Lipinski definition) is 4. The quantitative estimate of drug-likeness (QED) is 0.427. The van der Waals surface area contributed by atoms with E-state index in [2.05, 4.69) is 11.7 Å². The third-order valence-electron chi connectivity index (χ3n) is 1.88. The maximum atomic E-state index is 11.2. The molecule has 0 aliphatic heterocycles. The van der Waals surface area contributed by atoms with Crippen LogP contribution < -0.4 is 4.74 Å². The standard InChI is InChI=1S/C11H9NO3/c1-7(2)11(13)14-9-3-4-10-8(5-9)6-12-15-10/h3-6H,1H2,2H3. The Balaban J connectivity index is 2.28. The van der Waals surface area contributed by atoms with E-state index in [1.807, 2.05) is 0 Å². The van der Waals surface area contributed by atoms with Crippen LogP contribution in [0, 0.1) is 0 Å². The van der Waals surface area contributed by atoms with E-state index in [4.69, 9.17) is 9.26 Å². The minimum atomic E-state index is -0.439. The summed E-state index contributed by atoms with van der Waals surface area (Å²) < 4.78 is 9.96. The first-order chi connectivity index (χ1) is 7.16. The smallest absolute Gasteiger partial charge is 0.338 e. The summed E-state index contributed by atoms with van der Waals surface area (Å²) in [6.07, 6.45) is 1.56. The van der Waals surface area contributed by atoms with Gasteiger partial charge in [0.2, 0.25) is 0 Å². The number of benzene rings is 1. The molecule has 15 heavy (non-hydrogen) atoms. The van der Waals surface area contributed by atoms with E-state index in [9.17, 15) is 4.79 Å². The van der Waals surface area contributed by atoms with Crippen LogP contribution in [0.25, 0.3) is 11.0 Å². The lowest BCUT2D eigenvalue weighted by atomic mass is 10.2. The van der Waals surface area contributed by atoms with E-state index in [0.29, 0.717) is 16.9 Å². The lowest BCUT2D eigenvalue weighted by molar-refractivity contribution is -0.130. The molecule has 0 spiro atoms. The summed E-state index contributed by atoms with van der Waals surface area (Å²) in [5, 5.41) is 4.42. The Bertz CT molecular complexity index is 527. The summed E-state index contributed by atoms with van der Waals surface area (Å²) in [6.45, 7) is 5.10. The van der Waals surface area contributed by atoms with Gasteiger partial charge in [-0.25, -0.2) is 4.79 Å². The topological polar surface area (TPSA) is 52.3 Å². The molecular weight excluding hydrogens is 194 g/mol. The van der Waals surface area contributed by atoms with Crippen molar-refractivity contribution in [2.45, 2.75) is 6.92 Å². The SMILES string of the molecule is C=C(C)C(=O)Oc1ccc2oncc2c1. The highest BCUT2D eigenvalue weighted by Crippen LogP contribution is 2.20. The average Bonchev–Trinajstić information content (AvgIpc) is 2.64. The van der Waals surface area contributed by atoms with Crippen molar-refractivity contribution in [3.8, 4) is 5.75 Å². The number of ether oxygens (including phenoxy) is 1. The Hall–Kier alpha value is -2.10. The van der Waals surface area contributed by atoms with Crippen molar-refractivity contribution in [1.29, 1.82) is 0 Å². The molecule has 0 fully saturated rings. The van der Waals surface area contributed by atoms with Crippen LogP contribution in [-0.4, -0.2) is 11.1 Å². The molecule has 4 heteroatoms. The molecule has 4 nitrogen and oxygen atoms in total. The van der Waals surface area contributed by atoms with Crippen molar-refractivity contribution in [1.82, 2.24) is 5.16 Å². The maximum Gasteiger partial charge on any atom is 0.338 e. The van der Waals surface area contributed by atoms with E-state index in [-0.39, 0.29) is 0 Å². The summed E-state index contributed by atoms with van der Waals surface area (Å²) in [5.41, 5.74) is 1.02. The van der Waals surface area contributed by atoms with Crippen LogP contribution in [0.3, 0.4) is 0 Å². The largest absolute Gasteiger partial charge is 0.423 e. The fourth-order valence-electron chi connectivity index (χ4n) is 1.11. The Morgan fingerprint density at radius 1 is 1.53 bits per heavy atom. The summed E-state index contributed by atoms with van der Waals surface area (Å²) in [4.78, 5) is 11.2. The molecule has 0 saturated heterocycles. The number of hydrogen-bond donors (Lipinski definition) is 0. The highest BCUT2D eigenvalue weighted by Gasteiger charge is 2.06. The molecule has 1 aromatic heterocycles. The van der Waals surface area contributed by atoms with Crippen molar-refractivity contribution < 1.29 is 14.1 Å². The van der Waals surface area contributed by atoms with Gasteiger partial charge in [-0.1, -0.05) is 11.7 Å². The van der Waals surface area contributed by atoms with Gasteiger partial charge < -0.3 is 9.26 Å². The first-order valence-corrected chi connectivity index (χ1v) is 4.39. The third-order valence-corrected chi connectivity index (χ3v) is 1.88. The van der Waals surface area contributed by atoms with Crippen LogP contribution in [0.2, 0.25) is 0 Å². The molecule has 0 bridgehead atoms. The second-order valence-corrected chi connectivity index (χ2v) is 3.20. The molecule has 0 aliphatic carbocycles. The number of rotatable bonds is 2. The predicted octanol–water partition coefficient (Wildman–Crippen LogP) is 2.31. The predicted molar refractivity (Wildman–Crippen MR) is 54.5 cm³/mol. The summed E-state index contributed by atoms with van der Waals surface area (Å²) >= 11 is 0. The molecule has 1 heterocycles. The van der Waals surface area contributed by atoms with E-state index < -0.39 is 5.97 Å². The van der Waals surface area contributed by atoms with Gasteiger partial charge in [-0.3, -0.25) is 0 Å². The number of fused-ring (bicyclic) bond motifs is 1. The maximum absolute atomic E-state index is 11.2. The van der Waals surface area contributed by atoms with Gasteiger partial charge in [0.05, 0.1) is 6.20 Å². The molecule has 2 rings (SSSR count). The van der Waals surface area contributed by atoms with Crippen molar-refractivity contribution >= 4 is 16.9 Å². The normalized spacial score (nSPS) is 10.2. The van der Waals surface area contributed by atoms with Gasteiger partial charge in [-0.2, -0.15) is 0 Å². The molecular formula is C11H9NO3. The van der Waals surface area contributed by atoms with Crippen LogP contribution >= 0.6 is 0 Å². The highest BCUT2D eigenvalue weighted by molar-refractivity contribution is 5.89. The molecule has 0 N–H and O–H groups in total. The van der Waals surface area contributed by atoms with Crippen LogP contribution in [0.15, 0.2) is 41.1 Å². The van der Waals surface area contributed by atoms with Gasteiger partial charge in [-0.05, 0) is 25.1 Å². The minimum absolute atomic E-state index is 0.361. The monoisotopic (exact) mass is 203 g/mol. The number of carbonyl (C=O) groups excluding carboxylic acids is 1. The first-order valence-electron chi connectivity index (χ1n) is 4.39. The Kier molecular flexibility index (Phi) is 2.25. The second kappa shape index (κ2) is 3.57. The Labute approximate surface area is 86.1 Å². The van der Waals surface area contributed by atoms with Gasteiger partial charge in [0, 0.05) is 11.0 Å². The van der Waals surface area contributed by atoms with Crippen molar-refractivity contribution in [2.75, 3.05) is 0 Å². The molecule has 2 aromatic rings. The van der Waals surface area contributed by atoms with E-state index in [1.165, 1.54) is 0 Å². The number of aromatic nitrogens is 1. The second-order valence-electron chi connectivity index (χ2n) is 3.20. The average molecular weight is 203 g/mol. The lowest BCUT2D eigenvalue weighted by Gasteiger charge is -2.02. The Morgan fingerprint density at radius 2 is 2.33 bits per heavy atom. The minimum Gasteiger partial charge on any atom is -0.423 e. The number of esters is 1. The van der Waals surface area contributed by atoms with E-state index in [0.717, 1.165) is 5.39 Å². The molecule has 0 radical (unpaired) electrons. The molecule has 0 aliphatic rings. The first kappa shape index (κ1) is 9.45. The van der Waals surface area contributed by atoms with Gasteiger partial charge in [-0.15, -0.1) is 0 Å². The Morgan fingerprint density at radius 3 is 3.07 bits per heavy atom. The van der Waals surface area contributed by atoms with Gasteiger partial charge >= 0.3 is 5.97 Å². The van der Waals surface area contributed by atoms with E-state index in [1.54, 1.807) is 31.3 Å². The molecule has 0 saturated carbocycles. The van der Waals surface area contributed by atoms with Crippen molar-refractivity contribution in [3.05, 3.63) is 36.5 Å². The van der Waals surface area contributed by atoms with Gasteiger partial charge in [0.1, 0.15) is 5.75 Å². The molecule has 0 amide bonds. The van der Waals surface area contributed by atoms with Crippen LogP contribution in [0.4, 0.5) is 0 Å². The number of carbonyl (C=O) groups is 1. The highest BCUT2D eigenvalue weighted by atomic mass is 16.5. The third kappa shape index (κ3) is 1.88. The van der Waals surface area contributed by atoms with E-state index >= 15 is 0 Å². The zero-order chi connectivity index (χ0) is 10.8. The fourth-order valence-corrected chi connectivity index (χ4v) is 1.11. The number of nitrogens with zero attached hydrogens (tertiary/aromatic N) is 1. The molecule has 0 atom stereocenters. The van der Waals surface area contributed by atoms with Crippen molar-refractivity contribution in [2.24, 2.45) is 0 Å². The summed E-state index contributed by atoms with van der Waals surface area (Å²) in [6, 6.07) is 5.03. The lowest BCUT2D eigenvalue weighted by Crippen LogP contribution is -2.07. The fraction of sp³-hybridized carbons (Fsp3) is 0.0909. The van der Waals surface area contributed by atoms with Gasteiger partial charge in [0.15, 0.2) is 5.58 Å².